The van der Waals surface area contributed by atoms with Crippen molar-refractivity contribution in [2.24, 2.45) is 0 Å². The van der Waals surface area contributed by atoms with Gasteiger partial charge < -0.3 is 5.11 Å². The normalized spacial score (nSPS) is 21.2. The average Bonchev–Trinajstić information content (AvgIpc) is 2.75. The number of aliphatic hydroxyl groups excluding tert-OH is 1. The van der Waals surface area contributed by atoms with Gasteiger partial charge in [-0.15, -0.1) is 0 Å². The molecule has 0 aliphatic heterocycles. The molecule has 0 saturated heterocycles. The molecule has 0 heterocycles. The predicted molar refractivity (Wildman–Crippen MR) is 75.6 cm³/mol. The Bertz CT molecular complexity index is 776. The molecular formula is C15H14FNO3S. The Hall–Kier alpha value is -1.76. The van der Waals surface area contributed by atoms with Crippen LogP contribution in [-0.4, -0.2) is 19.6 Å². The second-order valence-electron chi connectivity index (χ2n) is 5.03. The number of sulfonamides is 1. The summed E-state index contributed by atoms with van der Waals surface area (Å²) in [6.07, 6.45) is -0.433. The molecule has 2 atom stereocenters. The van der Waals surface area contributed by atoms with Gasteiger partial charge in [0.2, 0.25) is 10.0 Å². The van der Waals surface area contributed by atoms with Crippen LogP contribution in [0.3, 0.4) is 0 Å². The first-order chi connectivity index (χ1) is 9.97. The van der Waals surface area contributed by atoms with Crippen molar-refractivity contribution in [2.45, 2.75) is 23.5 Å². The van der Waals surface area contributed by atoms with Crippen molar-refractivity contribution in [1.82, 2.24) is 4.72 Å². The number of hydrogen-bond acceptors (Lipinski definition) is 3. The van der Waals surface area contributed by atoms with Gasteiger partial charge in [-0.25, -0.2) is 17.5 Å². The summed E-state index contributed by atoms with van der Waals surface area (Å²) in [5, 5.41) is 10.1. The fourth-order valence-corrected chi connectivity index (χ4v) is 3.87. The van der Waals surface area contributed by atoms with E-state index in [-0.39, 0.29) is 4.90 Å². The first kappa shape index (κ1) is 14.2. The highest BCUT2D eigenvalue weighted by molar-refractivity contribution is 7.89. The summed E-state index contributed by atoms with van der Waals surface area (Å²) in [6, 6.07) is 11.3. The Morgan fingerprint density at radius 2 is 1.90 bits per heavy atom. The van der Waals surface area contributed by atoms with E-state index in [1.807, 2.05) is 12.1 Å². The Morgan fingerprint density at radius 1 is 1.14 bits per heavy atom. The highest BCUT2D eigenvalue weighted by atomic mass is 32.2. The van der Waals surface area contributed by atoms with E-state index in [4.69, 9.17) is 0 Å². The van der Waals surface area contributed by atoms with Crippen molar-refractivity contribution in [2.75, 3.05) is 0 Å². The van der Waals surface area contributed by atoms with Gasteiger partial charge in [-0.2, -0.15) is 0 Å². The lowest BCUT2D eigenvalue weighted by molar-refractivity contribution is 0.151. The fourth-order valence-electron chi connectivity index (χ4n) is 2.59. The highest BCUT2D eigenvalue weighted by Crippen LogP contribution is 2.32. The first-order valence-electron chi connectivity index (χ1n) is 6.51. The number of nitrogens with one attached hydrogen (secondary N) is 1. The van der Waals surface area contributed by atoms with Gasteiger partial charge in [-0.05, 0) is 29.3 Å². The van der Waals surface area contributed by atoms with Crippen LogP contribution < -0.4 is 4.72 Å². The van der Waals surface area contributed by atoms with Gasteiger partial charge in [0.1, 0.15) is 5.82 Å². The summed E-state index contributed by atoms with van der Waals surface area (Å²) < 4.78 is 40.3. The summed E-state index contributed by atoms with van der Waals surface area (Å²) in [6.45, 7) is 0. The molecule has 0 amide bonds. The Morgan fingerprint density at radius 3 is 2.67 bits per heavy atom. The lowest BCUT2D eigenvalue weighted by Gasteiger charge is -2.18. The molecule has 2 N–H and O–H groups in total. The number of hydrogen-bond donors (Lipinski definition) is 2. The molecule has 2 aromatic carbocycles. The number of fused-ring (bicyclic) bond motifs is 1. The maximum Gasteiger partial charge on any atom is 0.241 e. The van der Waals surface area contributed by atoms with Crippen LogP contribution in [0.25, 0.3) is 0 Å². The highest BCUT2D eigenvalue weighted by Gasteiger charge is 2.34. The van der Waals surface area contributed by atoms with E-state index >= 15 is 0 Å². The molecule has 4 nitrogen and oxygen atoms in total. The van der Waals surface area contributed by atoms with Crippen molar-refractivity contribution in [3.8, 4) is 0 Å². The zero-order valence-electron chi connectivity index (χ0n) is 11.0. The van der Waals surface area contributed by atoms with Crippen LogP contribution in [0.4, 0.5) is 4.39 Å². The molecule has 2 aromatic rings. The van der Waals surface area contributed by atoms with Crippen LogP contribution in [0, 0.1) is 5.82 Å². The lowest BCUT2D eigenvalue weighted by Crippen LogP contribution is -2.33. The van der Waals surface area contributed by atoms with E-state index in [0.29, 0.717) is 6.42 Å². The van der Waals surface area contributed by atoms with Crippen molar-refractivity contribution in [1.29, 1.82) is 0 Å². The van der Waals surface area contributed by atoms with E-state index in [2.05, 4.69) is 4.72 Å². The Kier molecular flexibility index (Phi) is 3.52. The summed E-state index contributed by atoms with van der Waals surface area (Å²) in [5.41, 5.74) is 1.67. The second-order valence-corrected chi connectivity index (χ2v) is 6.74. The minimum atomic E-state index is -3.89. The molecule has 0 spiro atoms. The van der Waals surface area contributed by atoms with Gasteiger partial charge in [0.15, 0.2) is 0 Å². The molecule has 6 heteroatoms. The van der Waals surface area contributed by atoms with Crippen LogP contribution in [0.5, 0.6) is 0 Å². The third-order valence-corrected chi connectivity index (χ3v) is 5.03. The molecule has 1 aliphatic carbocycles. The van der Waals surface area contributed by atoms with Gasteiger partial charge in [-0.3, -0.25) is 0 Å². The molecule has 0 saturated carbocycles. The van der Waals surface area contributed by atoms with E-state index in [0.717, 1.165) is 17.2 Å². The average molecular weight is 307 g/mol. The summed E-state index contributed by atoms with van der Waals surface area (Å²) >= 11 is 0. The number of halogens is 1. The first-order valence-corrected chi connectivity index (χ1v) is 7.99. The number of aliphatic hydroxyl groups is 1. The summed E-state index contributed by atoms with van der Waals surface area (Å²) in [5.74, 6) is -0.620. The van der Waals surface area contributed by atoms with Gasteiger partial charge in [0.05, 0.1) is 17.0 Å². The van der Waals surface area contributed by atoms with E-state index < -0.39 is 28.0 Å². The molecule has 0 unspecified atom stereocenters. The SMILES string of the molecule is O=S(=O)(N[C@@H]1c2ccccc2C[C@@H]1O)c1cccc(F)c1. The number of benzene rings is 2. The smallest absolute Gasteiger partial charge is 0.241 e. The maximum atomic E-state index is 13.2. The molecule has 110 valence electrons. The van der Waals surface area contributed by atoms with Crippen molar-refractivity contribution < 1.29 is 17.9 Å². The monoisotopic (exact) mass is 307 g/mol. The lowest BCUT2D eigenvalue weighted by atomic mass is 10.1. The van der Waals surface area contributed by atoms with Crippen molar-refractivity contribution >= 4 is 10.0 Å². The van der Waals surface area contributed by atoms with Crippen LogP contribution in [0.2, 0.25) is 0 Å². The molecule has 3 rings (SSSR count). The van der Waals surface area contributed by atoms with Crippen LogP contribution in [0.1, 0.15) is 17.2 Å². The zero-order chi connectivity index (χ0) is 15.0. The standard InChI is InChI=1S/C15H14FNO3S/c16-11-5-3-6-12(9-11)21(19,20)17-15-13-7-2-1-4-10(13)8-14(15)18/h1-7,9,14-15,17-18H,8H2/t14-,15+/m0/s1. The third-order valence-electron chi connectivity index (χ3n) is 3.59. The molecule has 1 aliphatic rings. The van der Waals surface area contributed by atoms with E-state index in [1.54, 1.807) is 12.1 Å². The van der Waals surface area contributed by atoms with Crippen molar-refractivity contribution in [3.05, 3.63) is 65.5 Å². The molecular weight excluding hydrogens is 293 g/mol. The fraction of sp³-hybridized carbons (Fsp3) is 0.200. The predicted octanol–water partition coefficient (Wildman–Crippen LogP) is 1.76. The molecule has 0 aromatic heterocycles. The van der Waals surface area contributed by atoms with E-state index in [9.17, 15) is 17.9 Å². The van der Waals surface area contributed by atoms with Crippen LogP contribution in [0.15, 0.2) is 53.4 Å². The minimum Gasteiger partial charge on any atom is -0.391 e. The third kappa shape index (κ3) is 2.70. The van der Waals surface area contributed by atoms with Crippen molar-refractivity contribution in [3.63, 3.8) is 0 Å². The largest absolute Gasteiger partial charge is 0.391 e. The molecule has 0 bridgehead atoms. The summed E-state index contributed by atoms with van der Waals surface area (Å²) in [4.78, 5) is -0.154. The van der Waals surface area contributed by atoms with E-state index in [1.165, 1.54) is 18.2 Å². The van der Waals surface area contributed by atoms with Gasteiger partial charge in [0, 0.05) is 6.42 Å². The van der Waals surface area contributed by atoms with Crippen LogP contribution >= 0.6 is 0 Å². The topological polar surface area (TPSA) is 66.4 Å². The number of rotatable bonds is 3. The van der Waals surface area contributed by atoms with Gasteiger partial charge in [0.25, 0.3) is 0 Å². The zero-order valence-corrected chi connectivity index (χ0v) is 11.8. The molecule has 0 radical (unpaired) electrons. The Labute approximate surface area is 122 Å². The quantitative estimate of drug-likeness (QED) is 0.908. The minimum absolute atomic E-state index is 0.154. The van der Waals surface area contributed by atoms with Gasteiger partial charge >= 0.3 is 0 Å². The summed E-state index contributed by atoms with van der Waals surface area (Å²) in [7, 11) is -3.89. The maximum absolute atomic E-state index is 13.2. The van der Waals surface area contributed by atoms with Crippen LogP contribution in [-0.2, 0) is 16.4 Å². The Balaban J connectivity index is 1.93. The molecule has 0 fully saturated rings. The second kappa shape index (κ2) is 5.22. The van der Waals surface area contributed by atoms with Gasteiger partial charge in [-0.1, -0.05) is 30.3 Å². The molecule has 21 heavy (non-hydrogen) atoms.